The summed E-state index contributed by atoms with van der Waals surface area (Å²) in [5.41, 5.74) is 1.15. The van der Waals surface area contributed by atoms with Gasteiger partial charge in [0.2, 0.25) is 0 Å². The number of nitrogens with zero attached hydrogens (tertiary/aromatic N) is 2. The molecule has 0 fully saturated rings. The van der Waals surface area contributed by atoms with E-state index >= 15 is 0 Å². The number of hydrogen-bond acceptors (Lipinski definition) is 4. The average Bonchev–Trinajstić information content (AvgIpc) is 2.85. The van der Waals surface area contributed by atoms with E-state index in [2.05, 4.69) is 0 Å². The Labute approximate surface area is 200 Å². The molecule has 4 rings (SSSR count). The molecule has 1 amide bonds. The van der Waals surface area contributed by atoms with Gasteiger partial charge in [-0.2, -0.15) is 0 Å². The van der Waals surface area contributed by atoms with Crippen molar-refractivity contribution in [3.05, 3.63) is 106 Å². The first-order valence-electron chi connectivity index (χ1n) is 10.7. The van der Waals surface area contributed by atoms with E-state index in [0.717, 1.165) is 0 Å². The first kappa shape index (κ1) is 23.4. The second-order valence-electron chi connectivity index (χ2n) is 8.25. The van der Waals surface area contributed by atoms with Crippen LogP contribution in [0.3, 0.4) is 0 Å². The van der Waals surface area contributed by atoms with Crippen LogP contribution in [0.1, 0.15) is 36.8 Å². The number of aromatic nitrogens is 1. The van der Waals surface area contributed by atoms with Crippen LogP contribution in [0, 0.1) is 0 Å². The van der Waals surface area contributed by atoms with E-state index in [0.29, 0.717) is 27.6 Å². The molecular weight excluding hydrogens is 448 g/mol. The quantitative estimate of drug-likeness (QED) is 0.443. The van der Waals surface area contributed by atoms with E-state index in [1.165, 1.54) is 27.7 Å². The van der Waals surface area contributed by atoms with Gasteiger partial charge in [0.05, 0.1) is 12.1 Å². The fourth-order valence-corrected chi connectivity index (χ4v) is 4.04. The molecule has 0 saturated heterocycles. The molecule has 0 unspecified atom stereocenters. The smallest absolute Gasteiger partial charge is 0.353 e. The van der Waals surface area contributed by atoms with Crippen LogP contribution in [-0.4, -0.2) is 51.6 Å². The normalized spacial score (nSPS) is 10.8. The first-order valence-corrected chi connectivity index (χ1v) is 10.7. The summed E-state index contributed by atoms with van der Waals surface area (Å²) in [6, 6.07) is 19.4. The molecular formula is C27H22N2O6. The van der Waals surface area contributed by atoms with Gasteiger partial charge in [-0.25, -0.2) is 9.59 Å². The lowest BCUT2D eigenvalue weighted by molar-refractivity contribution is 0.0679. The highest BCUT2D eigenvalue weighted by Crippen LogP contribution is 2.32. The summed E-state index contributed by atoms with van der Waals surface area (Å²) in [6.07, 6.45) is 0. The van der Waals surface area contributed by atoms with Crippen LogP contribution in [0.4, 0.5) is 0 Å². The summed E-state index contributed by atoms with van der Waals surface area (Å²) in [4.78, 5) is 51.3. The number of carboxylic acid groups (broad SMARTS) is 2. The minimum absolute atomic E-state index is 0.0749. The molecule has 3 aromatic carbocycles. The van der Waals surface area contributed by atoms with E-state index in [4.69, 9.17) is 5.11 Å². The van der Waals surface area contributed by atoms with Gasteiger partial charge in [-0.15, -0.1) is 0 Å². The van der Waals surface area contributed by atoms with Crippen molar-refractivity contribution in [1.29, 1.82) is 0 Å². The molecule has 0 aliphatic heterocycles. The summed E-state index contributed by atoms with van der Waals surface area (Å²) >= 11 is 0. The number of aromatic carboxylic acids is 2. The molecule has 35 heavy (non-hydrogen) atoms. The largest absolute Gasteiger partial charge is 0.478 e. The lowest BCUT2D eigenvalue weighted by Crippen LogP contribution is -2.28. The maximum atomic E-state index is 13.5. The summed E-state index contributed by atoms with van der Waals surface area (Å²) in [5, 5.41) is 20.0. The molecule has 176 valence electrons. The predicted octanol–water partition coefficient (Wildman–Crippen LogP) is 3.82. The number of rotatable bonds is 6. The highest BCUT2D eigenvalue weighted by Gasteiger charge is 2.24. The Bertz CT molecular complexity index is 1520. The van der Waals surface area contributed by atoms with E-state index in [1.807, 2.05) is 0 Å². The third-order valence-electron chi connectivity index (χ3n) is 5.73. The number of fused-ring (bicyclic) bond motifs is 1. The Kier molecular flexibility index (Phi) is 6.20. The van der Waals surface area contributed by atoms with Crippen LogP contribution in [0.2, 0.25) is 0 Å². The van der Waals surface area contributed by atoms with Crippen molar-refractivity contribution < 1.29 is 24.6 Å². The van der Waals surface area contributed by atoms with E-state index in [9.17, 15) is 24.3 Å². The van der Waals surface area contributed by atoms with Crippen LogP contribution < -0.4 is 5.56 Å². The van der Waals surface area contributed by atoms with Crippen LogP contribution in [0.5, 0.6) is 0 Å². The van der Waals surface area contributed by atoms with Gasteiger partial charge < -0.3 is 15.1 Å². The van der Waals surface area contributed by atoms with E-state index in [-0.39, 0.29) is 29.1 Å². The van der Waals surface area contributed by atoms with Gasteiger partial charge in [0.1, 0.15) is 5.69 Å². The molecule has 0 radical (unpaired) electrons. The molecule has 4 aromatic rings. The minimum atomic E-state index is -1.30. The van der Waals surface area contributed by atoms with Crippen LogP contribution in [-0.2, 0) is 6.54 Å². The molecule has 0 saturated carbocycles. The fourth-order valence-electron chi connectivity index (χ4n) is 4.04. The number of pyridine rings is 1. The SMILES string of the molecule is CN(C)C(=O)c1ccc2c(=O)n(Cc3ccc(C(=O)O)cc3)c(C(=O)O)c(-c3ccccc3)c2c1. The number of carbonyl (C=O) groups excluding carboxylic acids is 1. The van der Waals surface area contributed by atoms with Gasteiger partial charge in [-0.3, -0.25) is 14.2 Å². The molecule has 2 N–H and O–H groups in total. The Balaban J connectivity index is 2.04. The second-order valence-corrected chi connectivity index (χ2v) is 8.25. The maximum absolute atomic E-state index is 13.5. The minimum Gasteiger partial charge on any atom is -0.478 e. The van der Waals surface area contributed by atoms with Gasteiger partial charge in [0.15, 0.2) is 0 Å². The van der Waals surface area contributed by atoms with Crippen LogP contribution in [0.25, 0.3) is 21.9 Å². The monoisotopic (exact) mass is 470 g/mol. The van der Waals surface area contributed by atoms with E-state index in [1.54, 1.807) is 68.7 Å². The highest BCUT2D eigenvalue weighted by atomic mass is 16.4. The van der Waals surface area contributed by atoms with Crippen LogP contribution >= 0.6 is 0 Å². The van der Waals surface area contributed by atoms with Crippen LogP contribution in [0.15, 0.2) is 77.6 Å². The molecule has 0 aliphatic rings. The highest BCUT2D eigenvalue weighted by molar-refractivity contribution is 6.08. The zero-order chi connectivity index (χ0) is 25.3. The lowest BCUT2D eigenvalue weighted by atomic mass is 9.95. The van der Waals surface area contributed by atoms with Crippen molar-refractivity contribution in [2.75, 3.05) is 14.1 Å². The maximum Gasteiger partial charge on any atom is 0.353 e. The average molecular weight is 470 g/mol. The Morgan fingerprint density at radius 2 is 1.43 bits per heavy atom. The lowest BCUT2D eigenvalue weighted by Gasteiger charge is -2.19. The third-order valence-corrected chi connectivity index (χ3v) is 5.73. The standard InChI is InChI=1S/C27H22N2O6/c1-28(2)24(30)19-12-13-20-21(14-19)22(17-6-4-3-5-7-17)23(27(34)35)29(25(20)31)15-16-8-10-18(11-9-16)26(32)33/h3-14H,15H2,1-2H3,(H,32,33)(H,34,35). The number of amides is 1. The molecule has 0 atom stereocenters. The molecule has 1 aromatic heterocycles. The van der Waals surface area contributed by atoms with Crippen molar-refractivity contribution in [2.24, 2.45) is 0 Å². The molecule has 0 aliphatic carbocycles. The van der Waals surface area contributed by atoms with E-state index < -0.39 is 17.5 Å². The number of carboxylic acids is 2. The Hall–Kier alpha value is -4.72. The van der Waals surface area contributed by atoms with Gasteiger partial charge in [0, 0.05) is 30.6 Å². The summed E-state index contributed by atoms with van der Waals surface area (Å²) in [6.45, 7) is -0.0749. The fraction of sp³-hybridized carbons (Fsp3) is 0.111. The Morgan fingerprint density at radius 3 is 2.00 bits per heavy atom. The van der Waals surface area contributed by atoms with Crippen molar-refractivity contribution >= 4 is 28.6 Å². The zero-order valence-corrected chi connectivity index (χ0v) is 19.1. The molecule has 8 nitrogen and oxygen atoms in total. The third kappa shape index (κ3) is 4.41. The number of benzene rings is 3. The second kappa shape index (κ2) is 9.26. The number of hydrogen-bond donors (Lipinski definition) is 2. The molecule has 0 bridgehead atoms. The topological polar surface area (TPSA) is 117 Å². The summed E-state index contributed by atoms with van der Waals surface area (Å²) < 4.78 is 1.18. The first-order chi connectivity index (χ1) is 16.7. The molecule has 8 heteroatoms. The number of carbonyl (C=O) groups is 3. The van der Waals surface area contributed by atoms with Crippen molar-refractivity contribution in [3.63, 3.8) is 0 Å². The van der Waals surface area contributed by atoms with Crippen molar-refractivity contribution in [3.8, 4) is 11.1 Å². The molecule has 0 spiro atoms. The zero-order valence-electron chi connectivity index (χ0n) is 19.1. The summed E-state index contributed by atoms with van der Waals surface area (Å²) in [5.74, 6) is -2.65. The van der Waals surface area contributed by atoms with Gasteiger partial charge >= 0.3 is 11.9 Å². The van der Waals surface area contributed by atoms with Gasteiger partial charge in [-0.1, -0.05) is 42.5 Å². The molecule has 1 heterocycles. The van der Waals surface area contributed by atoms with Crippen molar-refractivity contribution in [1.82, 2.24) is 9.47 Å². The predicted molar refractivity (Wildman–Crippen MR) is 131 cm³/mol. The van der Waals surface area contributed by atoms with Gasteiger partial charge in [0.25, 0.3) is 11.5 Å². The van der Waals surface area contributed by atoms with Crippen molar-refractivity contribution in [2.45, 2.75) is 6.54 Å². The van der Waals surface area contributed by atoms with Gasteiger partial charge in [-0.05, 0) is 46.8 Å². The summed E-state index contributed by atoms with van der Waals surface area (Å²) in [7, 11) is 3.22. The Morgan fingerprint density at radius 1 is 0.800 bits per heavy atom.